The molecule has 0 spiro atoms. The molecule has 1 unspecified atom stereocenters. The highest BCUT2D eigenvalue weighted by Gasteiger charge is 2.36. The monoisotopic (exact) mass is 778 g/mol. The molecular formula is C47H50N6O5. The highest BCUT2D eigenvalue weighted by atomic mass is 16.3. The molecule has 5 N–H and O–H groups in total. The lowest BCUT2D eigenvalue weighted by Crippen LogP contribution is -2.61. The Bertz CT molecular complexity index is 2190. The number of hydrogen-bond acceptors (Lipinski definition) is 7. The van der Waals surface area contributed by atoms with Crippen molar-refractivity contribution in [2.24, 2.45) is 11.8 Å². The second kappa shape index (κ2) is 19.1. The molecule has 4 amide bonds. The molecule has 0 aliphatic carbocycles. The van der Waals surface area contributed by atoms with E-state index in [0.717, 1.165) is 21.9 Å². The molecule has 298 valence electrons. The summed E-state index contributed by atoms with van der Waals surface area (Å²) in [5, 5.41) is 25.9. The number of carbonyl (C=O) groups excluding carboxylic acids is 4. The Kier molecular flexibility index (Phi) is 13.6. The molecule has 6 rings (SSSR count). The summed E-state index contributed by atoms with van der Waals surface area (Å²) in [7, 11) is 0. The van der Waals surface area contributed by atoms with Gasteiger partial charge in [0.1, 0.15) is 23.5 Å². The van der Waals surface area contributed by atoms with Crippen molar-refractivity contribution < 1.29 is 24.3 Å². The minimum atomic E-state index is -1.32. The summed E-state index contributed by atoms with van der Waals surface area (Å²) in [4.78, 5) is 64.4. The molecule has 0 fully saturated rings. The molecule has 0 radical (unpaired) electrons. The first kappa shape index (κ1) is 41.2. The van der Waals surface area contributed by atoms with Gasteiger partial charge in [-0.05, 0) is 60.1 Å². The third-order valence-corrected chi connectivity index (χ3v) is 10.2. The molecule has 2 heterocycles. The van der Waals surface area contributed by atoms with E-state index in [1.807, 2.05) is 149 Å². The predicted molar refractivity (Wildman–Crippen MR) is 226 cm³/mol. The number of pyridine rings is 2. The minimum absolute atomic E-state index is 0.173. The van der Waals surface area contributed by atoms with Crippen LogP contribution in [-0.4, -0.2) is 69.0 Å². The number of aliphatic hydroxyl groups excluding tert-OH is 1. The Morgan fingerprint density at radius 2 is 0.845 bits per heavy atom. The predicted octanol–water partition coefficient (Wildman–Crippen LogP) is 5.81. The van der Waals surface area contributed by atoms with Gasteiger partial charge in [0.2, 0.25) is 11.8 Å². The number of aromatic nitrogens is 2. The topological polar surface area (TPSA) is 162 Å². The summed E-state index contributed by atoms with van der Waals surface area (Å²) >= 11 is 0. The summed E-state index contributed by atoms with van der Waals surface area (Å²) in [5.74, 6) is -2.66. The van der Waals surface area contributed by atoms with Gasteiger partial charge in [-0.1, -0.05) is 137 Å². The average Bonchev–Trinajstić information content (AvgIpc) is 3.23. The fraction of sp³-hybridized carbons (Fsp3) is 0.277. The van der Waals surface area contributed by atoms with Gasteiger partial charge in [-0.25, -0.2) is 9.97 Å². The van der Waals surface area contributed by atoms with Crippen molar-refractivity contribution in [3.8, 4) is 0 Å². The molecule has 0 aliphatic rings. The van der Waals surface area contributed by atoms with E-state index in [1.54, 1.807) is 12.1 Å². The minimum Gasteiger partial charge on any atom is -0.389 e. The number of nitrogens with one attached hydrogen (secondary N) is 4. The van der Waals surface area contributed by atoms with Gasteiger partial charge in [0.15, 0.2) is 0 Å². The van der Waals surface area contributed by atoms with Gasteiger partial charge < -0.3 is 26.4 Å². The van der Waals surface area contributed by atoms with Crippen LogP contribution in [0, 0.1) is 11.8 Å². The van der Waals surface area contributed by atoms with Crippen molar-refractivity contribution >= 4 is 45.4 Å². The first-order valence-corrected chi connectivity index (χ1v) is 19.7. The van der Waals surface area contributed by atoms with E-state index in [0.29, 0.717) is 11.0 Å². The number of nitrogens with zero attached hydrogens (tertiary/aromatic N) is 2. The summed E-state index contributed by atoms with van der Waals surface area (Å²) in [6.07, 6.45) is -0.875. The van der Waals surface area contributed by atoms with E-state index in [1.165, 1.54) is 0 Å². The van der Waals surface area contributed by atoms with Gasteiger partial charge in [0.05, 0.1) is 29.2 Å². The maximum atomic E-state index is 14.2. The maximum Gasteiger partial charge on any atom is 0.270 e. The number of para-hydroxylation sites is 2. The Hall–Kier alpha value is -6.46. The summed E-state index contributed by atoms with van der Waals surface area (Å²) in [6, 6.07) is 36.9. The number of amides is 4. The molecule has 11 heteroatoms. The molecule has 0 bridgehead atoms. The van der Waals surface area contributed by atoms with Crippen LogP contribution in [0.25, 0.3) is 21.8 Å². The Morgan fingerprint density at radius 3 is 1.22 bits per heavy atom. The van der Waals surface area contributed by atoms with Crippen LogP contribution in [-0.2, 0) is 22.4 Å². The number of benzene rings is 4. The quantitative estimate of drug-likeness (QED) is 0.0829. The summed E-state index contributed by atoms with van der Waals surface area (Å²) < 4.78 is 0. The molecule has 0 aliphatic heterocycles. The molecule has 4 aromatic carbocycles. The van der Waals surface area contributed by atoms with Crippen LogP contribution >= 0.6 is 0 Å². The van der Waals surface area contributed by atoms with E-state index >= 15 is 0 Å². The number of fused-ring (bicyclic) bond motifs is 2. The first-order chi connectivity index (χ1) is 28.0. The van der Waals surface area contributed by atoms with Crippen molar-refractivity contribution in [1.82, 2.24) is 31.2 Å². The molecule has 5 atom stereocenters. The van der Waals surface area contributed by atoms with Crippen LogP contribution in [0.2, 0.25) is 0 Å². The number of aliphatic hydroxyl groups is 1. The normalized spacial score (nSPS) is 14.0. The van der Waals surface area contributed by atoms with Crippen LogP contribution < -0.4 is 21.3 Å². The standard InChI is InChI=1S/C47H50N6O5/c1-29(2)41(52-44(55)37-25-23-33-19-11-13-21-35(33)48-37)46(57)50-39(27-31-15-7-5-8-16-31)43(54)40(28-32-17-9-6-10-18-32)51-47(58)42(30(3)4)53-45(56)38-26-24-34-20-12-14-22-36(34)49-38/h5-26,29-30,39-43,54H,27-28H2,1-4H3,(H,50,57)(H,51,58)(H,52,55)(H,53,56)/t39-,40-,41-,42+,43?/m0/s1. The molecule has 0 saturated carbocycles. The SMILES string of the molecule is CC(C)[C@H](NC(=O)c1ccc2ccccc2n1)C(=O)N[C@@H](Cc1ccccc1)C(O)[C@H](Cc1ccccc1)NC(=O)[C@H](NC(=O)c1ccc2ccccc2n1)C(C)C. The van der Waals surface area contributed by atoms with Gasteiger partial charge in [-0.3, -0.25) is 19.2 Å². The Balaban J connectivity index is 1.25. The van der Waals surface area contributed by atoms with E-state index in [-0.39, 0.29) is 36.1 Å². The van der Waals surface area contributed by atoms with Crippen LogP contribution in [0.1, 0.15) is 59.8 Å². The van der Waals surface area contributed by atoms with Crippen LogP contribution in [0.3, 0.4) is 0 Å². The molecular weight excluding hydrogens is 729 g/mol. The lowest BCUT2D eigenvalue weighted by Gasteiger charge is -2.34. The lowest BCUT2D eigenvalue weighted by atomic mass is 9.91. The Labute approximate surface area is 338 Å². The zero-order valence-corrected chi connectivity index (χ0v) is 33.1. The first-order valence-electron chi connectivity index (χ1n) is 19.7. The summed E-state index contributed by atoms with van der Waals surface area (Å²) in [5.41, 5.74) is 3.35. The van der Waals surface area contributed by atoms with Gasteiger partial charge in [-0.15, -0.1) is 0 Å². The fourth-order valence-corrected chi connectivity index (χ4v) is 6.96. The average molecular weight is 779 g/mol. The van der Waals surface area contributed by atoms with Gasteiger partial charge in [0.25, 0.3) is 11.8 Å². The van der Waals surface area contributed by atoms with Gasteiger partial charge >= 0.3 is 0 Å². The lowest BCUT2D eigenvalue weighted by molar-refractivity contribution is -0.126. The zero-order valence-electron chi connectivity index (χ0n) is 33.1. The second-order valence-corrected chi connectivity index (χ2v) is 15.3. The van der Waals surface area contributed by atoms with E-state index in [9.17, 15) is 24.3 Å². The Morgan fingerprint density at radius 1 is 0.483 bits per heavy atom. The van der Waals surface area contributed by atoms with Crippen molar-refractivity contribution in [2.75, 3.05) is 0 Å². The van der Waals surface area contributed by atoms with Crippen molar-refractivity contribution in [3.63, 3.8) is 0 Å². The molecule has 58 heavy (non-hydrogen) atoms. The third-order valence-electron chi connectivity index (χ3n) is 10.2. The van der Waals surface area contributed by atoms with Crippen LogP contribution in [0.4, 0.5) is 0 Å². The van der Waals surface area contributed by atoms with Gasteiger partial charge in [-0.2, -0.15) is 0 Å². The summed E-state index contributed by atoms with van der Waals surface area (Å²) in [6.45, 7) is 7.31. The second-order valence-electron chi connectivity index (χ2n) is 15.3. The van der Waals surface area contributed by atoms with Crippen molar-refractivity contribution in [1.29, 1.82) is 0 Å². The van der Waals surface area contributed by atoms with Crippen molar-refractivity contribution in [2.45, 2.75) is 70.8 Å². The fourth-order valence-electron chi connectivity index (χ4n) is 6.96. The molecule has 6 aromatic rings. The molecule has 2 aromatic heterocycles. The van der Waals surface area contributed by atoms with E-state index in [2.05, 4.69) is 31.2 Å². The smallest absolute Gasteiger partial charge is 0.270 e. The maximum absolute atomic E-state index is 14.2. The van der Waals surface area contributed by atoms with Crippen LogP contribution in [0.15, 0.2) is 133 Å². The largest absolute Gasteiger partial charge is 0.389 e. The van der Waals surface area contributed by atoms with Crippen LogP contribution in [0.5, 0.6) is 0 Å². The third kappa shape index (κ3) is 10.5. The number of carbonyl (C=O) groups is 4. The highest BCUT2D eigenvalue weighted by Crippen LogP contribution is 2.18. The zero-order chi connectivity index (χ0) is 41.2. The molecule has 0 saturated heterocycles. The molecule has 11 nitrogen and oxygen atoms in total. The van der Waals surface area contributed by atoms with Crippen molar-refractivity contribution in [3.05, 3.63) is 156 Å². The number of hydrogen-bond donors (Lipinski definition) is 5. The highest BCUT2D eigenvalue weighted by molar-refractivity contribution is 5.99. The number of rotatable bonds is 16. The van der Waals surface area contributed by atoms with Gasteiger partial charge in [0, 0.05) is 10.8 Å². The van der Waals surface area contributed by atoms with E-state index < -0.39 is 53.9 Å². The van der Waals surface area contributed by atoms with E-state index in [4.69, 9.17) is 0 Å².